The zero-order valence-corrected chi connectivity index (χ0v) is 7.92. The minimum absolute atomic E-state index is 0.370. The Morgan fingerprint density at radius 1 is 1.53 bits per heavy atom. The van der Waals surface area contributed by atoms with Crippen LogP contribution in [-0.4, -0.2) is 52.1 Å². The molecular weight excluding hydrogens is 204 g/mol. The van der Waals surface area contributed by atoms with Gasteiger partial charge in [-0.15, -0.1) is 0 Å². The Hall–Kier alpha value is -1.51. The number of hydrogen-bond donors (Lipinski definition) is 6. The maximum Gasteiger partial charge on any atom is 0.206 e. The summed E-state index contributed by atoms with van der Waals surface area (Å²) >= 11 is 0. The van der Waals surface area contributed by atoms with Gasteiger partial charge < -0.3 is 21.1 Å². The highest BCUT2D eigenvalue weighted by atomic mass is 16.4. The molecule has 0 aromatic heterocycles. The number of hydrazone groups is 1. The van der Waals surface area contributed by atoms with Crippen molar-refractivity contribution in [3.63, 3.8) is 0 Å². The van der Waals surface area contributed by atoms with Gasteiger partial charge >= 0.3 is 0 Å². The van der Waals surface area contributed by atoms with Crippen LogP contribution >= 0.6 is 0 Å². The lowest BCUT2D eigenvalue weighted by molar-refractivity contribution is -0.116. The van der Waals surface area contributed by atoms with Crippen molar-refractivity contribution in [2.45, 2.75) is 18.6 Å². The lowest BCUT2D eigenvalue weighted by Gasteiger charge is -2.12. The number of aliphatic hydroxyl groups excluding tert-OH is 3. The molecule has 0 heterocycles. The van der Waals surface area contributed by atoms with E-state index in [1.54, 1.807) is 0 Å². The SMILES string of the molecule is N=C(N)NN=CC(=O)CC(O)C(O)CO. The van der Waals surface area contributed by atoms with Crippen LogP contribution in [0.5, 0.6) is 0 Å². The minimum Gasteiger partial charge on any atom is -0.394 e. The van der Waals surface area contributed by atoms with Crippen LogP contribution in [0.2, 0.25) is 0 Å². The highest BCUT2D eigenvalue weighted by molar-refractivity contribution is 6.27. The number of aliphatic hydroxyl groups is 3. The number of nitrogens with two attached hydrogens (primary N) is 1. The Balaban J connectivity index is 3.92. The molecular formula is C7H14N4O4. The van der Waals surface area contributed by atoms with Gasteiger partial charge in [-0.25, -0.2) is 5.43 Å². The standard InChI is InChI=1S/C7H14N4O4/c8-7(9)11-10-2-4(13)1-5(14)6(15)3-12/h2,5-6,12,14-15H,1,3H2,(H4,8,9,11). The lowest BCUT2D eigenvalue weighted by Crippen LogP contribution is -2.32. The third-order valence-electron chi connectivity index (χ3n) is 1.44. The van der Waals surface area contributed by atoms with Gasteiger partial charge in [0.05, 0.1) is 18.9 Å². The Morgan fingerprint density at radius 2 is 2.13 bits per heavy atom. The van der Waals surface area contributed by atoms with Gasteiger partial charge in [0.1, 0.15) is 6.10 Å². The maximum absolute atomic E-state index is 11.0. The number of carbonyl (C=O) groups is 1. The molecule has 0 fully saturated rings. The van der Waals surface area contributed by atoms with Crippen LogP contribution < -0.4 is 11.2 Å². The van der Waals surface area contributed by atoms with E-state index in [1.807, 2.05) is 5.43 Å². The van der Waals surface area contributed by atoms with Gasteiger partial charge in [-0.3, -0.25) is 10.2 Å². The maximum atomic E-state index is 11.0. The van der Waals surface area contributed by atoms with Crippen molar-refractivity contribution in [1.82, 2.24) is 5.43 Å². The largest absolute Gasteiger partial charge is 0.394 e. The van der Waals surface area contributed by atoms with E-state index in [9.17, 15) is 4.79 Å². The van der Waals surface area contributed by atoms with E-state index in [0.29, 0.717) is 0 Å². The molecule has 0 aliphatic rings. The highest BCUT2D eigenvalue weighted by Gasteiger charge is 2.17. The van der Waals surface area contributed by atoms with Gasteiger partial charge in [-0.05, 0) is 0 Å². The van der Waals surface area contributed by atoms with Crippen LogP contribution in [0.15, 0.2) is 5.10 Å². The number of nitrogens with zero attached hydrogens (tertiary/aromatic N) is 1. The first-order valence-corrected chi connectivity index (χ1v) is 4.10. The lowest BCUT2D eigenvalue weighted by atomic mass is 10.1. The Bertz CT molecular complexity index is 255. The monoisotopic (exact) mass is 218 g/mol. The molecule has 0 saturated carbocycles. The van der Waals surface area contributed by atoms with Crippen molar-refractivity contribution in [2.75, 3.05) is 6.61 Å². The number of hydrogen-bond acceptors (Lipinski definition) is 6. The van der Waals surface area contributed by atoms with Crippen LogP contribution in [0, 0.1) is 5.41 Å². The fourth-order valence-electron chi connectivity index (χ4n) is 0.690. The summed E-state index contributed by atoms with van der Waals surface area (Å²) in [6.07, 6.45) is -2.24. The second-order valence-corrected chi connectivity index (χ2v) is 2.77. The molecule has 2 unspecified atom stereocenters. The smallest absolute Gasteiger partial charge is 0.206 e. The Labute approximate surface area is 85.9 Å². The molecule has 8 nitrogen and oxygen atoms in total. The molecule has 8 heteroatoms. The third-order valence-corrected chi connectivity index (χ3v) is 1.44. The van der Waals surface area contributed by atoms with Crippen LogP contribution in [0.4, 0.5) is 0 Å². The molecule has 15 heavy (non-hydrogen) atoms. The summed E-state index contributed by atoms with van der Waals surface area (Å²) in [6, 6.07) is 0. The summed E-state index contributed by atoms with van der Waals surface area (Å²) in [7, 11) is 0. The first-order valence-electron chi connectivity index (χ1n) is 4.10. The van der Waals surface area contributed by atoms with Gasteiger partial charge in [-0.2, -0.15) is 5.10 Å². The van der Waals surface area contributed by atoms with E-state index in [2.05, 4.69) is 5.10 Å². The number of Topliss-reactive ketones (excluding diaryl/α,β-unsaturated/α-hetero) is 1. The minimum atomic E-state index is -1.36. The van der Waals surface area contributed by atoms with Gasteiger partial charge in [0, 0.05) is 6.42 Å². The van der Waals surface area contributed by atoms with E-state index < -0.39 is 30.6 Å². The van der Waals surface area contributed by atoms with E-state index in [0.717, 1.165) is 6.21 Å². The van der Waals surface area contributed by atoms with Gasteiger partial charge in [0.2, 0.25) is 5.96 Å². The predicted octanol–water partition coefficient (Wildman–Crippen LogP) is -2.87. The van der Waals surface area contributed by atoms with E-state index in [4.69, 9.17) is 26.5 Å². The predicted molar refractivity (Wildman–Crippen MR) is 52.3 cm³/mol. The Kier molecular flexibility index (Phi) is 6.18. The van der Waals surface area contributed by atoms with Gasteiger partial charge in [-0.1, -0.05) is 0 Å². The van der Waals surface area contributed by atoms with Crippen molar-refractivity contribution in [2.24, 2.45) is 10.8 Å². The second kappa shape index (κ2) is 6.87. The van der Waals surface area contributed by atoms with Crippen LogP contribution in [-0.2, 0) is 4.79 Å². The molecule has 0 saturated heterocycles. The number of guanidine groups is 1. The summed E-state index contributed by atoms with van der Waals surface area (Å²) in [4.78, 5) is 11.0. The molecule has 0 spiro atoms. The third kappa shape index (κ3) is 6.55. The van der Waals surface area contributed by atoms with Crippen molar-refractivity contribution in [3.8, 4) is 0 Å². The van der Waals surface area contributed by atoms with Crippen molar-refractivity contribution in [1.29, 1.82) is 5.41 Å². The fraction of sp³-hybridized carbons (Fsp3) is 0.571. The molecule has 0 aromatic carbocycles. The average Bonchev–Trinajstić information content (AvgIpc) is 2.15. The van der Waals surface area contributed by atoms with Gasteiger partial charge in [0.15, 0.2) is 5.78 Å². The van der Waals surface area contributed by atoms with Crippen LogP contribution in [0.1, 0.15) is 6.42 Å². The number of nitrogens with one attached hydrogen (secondary N) is 2. The second-order valence-electron chi connectivity index (χ2n) is 2.77. The Morgan fingerprint density at radius 3 is 2.60 bits per heavy atom. The molecule has 86 valence electrons. The molecule has 0 rings (SSSR count). The molecule has 0 aliphatic heterocycles. The number of ketones is 1. The summed E-state index contributed by atoms with van der Waals surface area (Å²) in [6.45, 7) is -0.628. The van der Waals surface area contributed by atoms with Crippen molar-refractivity contribution < 1.29 is 20.1 Å². The molecule has 0 radical (unpaired) electrons. The average molecular weight is 218 g/mol. The molecule has 0 bridgehead atoms. The topological polar surface area (TPSA) is 152 Å². The van der Waals surface area contributed by atoms with Crippen molar-refractivity contribution >= 4 is 18.0 Å². The van der Waals surface area contributed by atoms with E-state index in [-0.39, 0.29) is 6.42 Å². The molecule has 0 aromatic rings. The number of rotatable bonds is 6. The summed E-state index contributed by atoms with van der Waals surface area (Å²) in [5.41, 5.74) is 6.88. The van der Waals surface area contributed by atoms with Crippen LogP contribution in [0.25, 0.3) is 0 Å². The first-order chi connectivity index (χ1) is 6.97. The van der Waals surface area contributed by atoms with E-state index in [1.165, 1.54) is 0 Å². The fourth-order valence-corrected chi connectivity index (χ4v) is 0.690. The summed E-state index contributed by atoms with van der Waals surface area (Å²) in [5, 5.41) is 36.5. The molecule has 2 atom stereocenters. The number of carbonyl (C=O) groups excluding carboxylic acids is 1. The summed E-state index contributed by atoms with van der Waals surface area (Å²) in [5.74, 6) is -0.987. The van der Waals surface area contributed by atoms with E-state index >= 15 is 0 Å². The normalized spacial score (nSPS) is 14.9. The molecule has 0 aliphatic carbocycles. The highest BCUT2D eigenvalue weighted by Crippen LogP contribution is 1.98. The van der Waals surface area contributed by atoms with Gasteiger partial charge in [0.25, 0.3) is 0 Å². The first kappa shape index (κ1) is 13.5. The molecule has 0 amide bonds. The quantitative estimate of drug-likeness (QED) is 0.160. The van der Waals surface area contributed by atoms with Crippen molar-refractivity contribution in [3.05, 3.63) is 0 Å². The molecule has 7 N–H and O–H groups in total. The van der Waals surface area contributed by atoms with Crippen LogP contribution in [0.3, 0.4) is 0 Å². The summed E-state index contributed by atoms with van der Waals surface area (Å²) < 4.78 is 0. The zero-order chi connectivity index (χ0) is 11.8. The zero-order valence-electron chi connectivity index (χ0n) is 7.92.